The lowest BCUT2D eigenvalue weighted by Gasteiger charge is -2.39. The maximum absolute atomic E-state index is 14.7. The molecular weight excluding hydrogens is 1100 g/mol. The summed E-state index contributed by atoms with van der Waals surface area (Å²) in [6.45, 7) is 3.75. The summed E-state index contributed by atoms with van der Waals surface area (Å²) >= 11 is 0. The van der Waals surface area contributed by atoms with Crippen molar-refractivity contribution in [2.24, 2.45) is 0 Å². The van der Waals surface area contributed by atoms with Gasteiger partial charge in [-0.15, -0.1) is 0 Å². The van der Waals surface area contributed by atoms with Gasteiger partial charge in [-0.1, -0.05) is 153 Å². The Kier molecular flexibility index (Phi) is 19.7. The number of rotatable bonds is 17. The summed E-state index contributed by atoms with van der Waals surface area (Å²) in [5.74, 6) is -2.14. The quantitative estimate of drug-likeness (QED) is 0.0486. The minimum Gasteiger partial charge on any atom is -0.343 e. The van der Waals surface area contributed by atoms with Gasteiger partial charge in [0.25, 0.3) is 0 Å². The van der Waals surface area contributed by atoms with Crippen molar-refractivity contribution in [1.29, 1.82) is 0 Å². The molecule has 10 amide bonds. The highest BCUT2D eigenvalue weighted by Gasteiger charge is 2.48. The highest BCUT2D eigenvalue weighted by molar-refractivity contribution is 5.97. The average Bonchev–Trinajstić information content (AvgIpc) is 2.62. The van der Waals surface area contributed by atoms with Crippen LogP contribution < -0.4 is 37.2 Å². The van der Waals surface area contributed by atoms with Crippen LogP contribution in [0.25, 0.3) is 0 Å². The van der Waals surface area contributed by atoms with Crippen molar-refractivity contribution in [3.63, 3.8) is 0 Å². The van der Waals surface area contributed by atoms with Gasteiger partial charge in [0.15, 0.2) is 0 Å². The van der Waals surface area contributed by atoms with Crippen LogP contribution in [-0.2, 0) is 35.2 Å². The van der Waals surface area contributed by atoms with Gasteiger partial charge in [0.1, 0.15) is 24.2 Å². The molecule has 0 radical (unpaired) electrons. The molecule has 6 aromatic rings. The zero-order chi connectivity index (χ0) is 61.0. The molecular formula is C68H77N11O8. The molecule has 87 heavy (non-hydrogen) atoms. The summed E-state index contributed by atoms with van der Waals surface area (Å²) in [7, 11) is 1.65. The Morgan fingerprint density at radius 3 is 1.21 bits per heavy atom. The van der Waals surface area contributed by atoms with Crippen LogP contribution in [0.3, 0.4) is 0 Å². The summed E-state index contributed by atoms with van der Waals surface area (Å²) in [5.41, 5.74) is 6.62. The first-order valence-corrected chi connectivity index (χ1v) is 30.3. The predicted molar refractivity (Wildman–Crippen MR) is 332 cm³/mol. The summed E-state index contributed by atoms with van der Waals surface area (Å²) in [6.07, 6.45) is 3.54. The Bertz CT molecular complexity index is 3300. The summed E-state index contributed by atoms with van der Waals surface area (Å²) < 4.78 is 0. The molecule has 0 aromatic heterocycles. The van der Waals surface area contributed by atoms with E-state index in [1.807, 2.05) is 170 Å². The number of carbonyl (C=O) groups is 8. The normalized spacial score (nSPS) is 20.7. The lowest BCUT2D eigenvalue weighted by Crippen LogP contribution is -2.62. The van der Waals surface area contributed by atoms with Gasteiger partial charge >= 0.3 is 12.1 Å². The summed E-state index contributed by atoms with van der Waals surface area (Å²) in [4.78, 5) is 119. The molecule has 4 heterocycles. The van der Waals surface area contributed by atoms with Crippen molar-refractivity contribution in [1.82, 2.24) is 46.2 Å². The highest BCUT2D eigenvalue weighted by Crippen LogP contribution is 2.34. The number of nitrogens with zero attached hydrogens (tertiary/aromatic N) is 4. The van der Waals surface area contributed by atoms with E-state index >= 15 is 0 Å². The zero-order valence-corrected chi connectivity index (χ0v) is 49.4. The van der Waals surface area contributed by atoms with Crippen LogP contribution in [0, 0.1) is 0 Å². The lowest BCUT2D eigenvalue weighted by atomic mass is 9.98. The highest BCUT2D eigenvalue weighted by atomic mass is 16.2. The van der Waals surface area contributed by atoms with E-state index in [-0.39, 0.29) is 55.9 Å². The number of fused-ring (bicyclic) bond motifs is 2. The maximum atomic E-state index is 14.7. The first-order valence-electron chi connectivity index (χ1n) is 30.3. The van der Waals surface area contributed by atoms with Gasteiger partial charge in [0.2, 0.25) is 35.4 Å². The van der Waals surface area contributed by atoms with E-state index in [1.54, 1.807) is 40.5 Å². The molecule has 4 aliphatic rings. The molecule has 7 atom stereocenters. The van der Waals surface area contributed by atoms with E-state index in [1.165, 1.54) is 0 Å². The molecule has 6 aromatic carbocycles. The van der Waals surface area contributed by atoms with Crippen LogP contribution in [0.15, 0.2) is 170 Å². The Labute approximate surface area is 508 Å². The number of hydrogen-bond donors (Lipinski definition) is 7. The molecule has 19 heteroatoms. The topological polar surface area (TPSA) is 234 Å². The molecule has 19 nitrogen and oxygen atoms in total. The number of hydrogen-bond acceptors (Lipinski definition) is 9. The van der Waals surface area contributed by atoms with E-state index in [9.17, 15) is 38.4 Å². The van der Waals surface area contributed by atoms with Gasteiger partial charge in [-0.3, -0.25) is 28.8 Å². The standard InChI is InChI=1S/C68H77N11O8/c1-4-59(80)72-55-42-76(39-37-53-33-35-57(78(53)65(55)84)63(82)74-60(47-17-9-5-10-18-47)48-19-11-6-12-20-48)67(86)70-51-29-25-45(26-30-51)41-46-27-31-52(32-28-46)71-68(87)77-40-38-54-34-36-58(79(54)66(85)56(43-77)73-62(81)44(2)69-3)64(83)75-61(49-21-13-7-14-22-49)50-23-15-8-16-24-50/h5-32,44,53-58,60-61,69H,4,33-43H2,1-3H3,(H,70,86)(H,71,87)(H,72,80)(H,73,81)(H,74,82)(H,75,83)/t44-,53+,54+,55-,56-,57?,58-/m0/s1. The van der Waals surface area contributed by atoms with Crippen LogP contribution in [0.1, 0.15) is 104 Å². The summed E-state index contributed by atoms with van der Waals surface area (Å²) in [6, 6.07) is 46.9. The predicted octanol–water partition coefficient (Wildman–Crippen LogP) is 7.27. The van der Waals surface area contributed by atoms with Crippen LogP contribution in [0.5, 0.6) is 0 Å². The van der Waals surface area contributed by atoms with Crippen LogP contribution in [-0.4, -0.2) is 143 Å². The van der Waals surface area contributed by atoms with Crippen molar-refractivity contribution in [2.75, 3.05) is 43.9 Å². The molecule has 0 bridgehead atoms. The van der Waals surface area contributed by atoms with E-state index in [2.05, 4.69) is 37.2 Å². The molecule has 7 N–H and O–H groups in total. The van der Waals surface area contributed by atoms with Crippen molar-refractivity contribution < 1.29 is 38.4 Å². The maximum Gasteiger partial charge on any atom is 0.321 e. The second-order valence-electron chi connectivity index (χ2n) is 23.0. The molecule has 4 fully saturated rings. The Morgan fingerprint density at radius 1 is 0.483 bits per heavy atom. The molecule has 452 valence electrons. The molecule has 4 aliphatic heterocycles. The van der Waals surface area contributed by atoms with Crippen molar-refractivity contribution in [3.05, 3.63) is 203 Å². The molecule has 4 saturated heterocycles. The van der Waals surface area contributed by atoms with E-state index < -0.39 is 72.1 Å². The minimum absolute atomic E-state index is 0.0839. The molecule has 0 saturated carbocycles. The van der Waals surface area contributed by atoms with Crippen molar-refractivity contribution in [3.8, 4) is 0 Å². The Balaban J connectivity index is 0.747. The first kappa shape index (κ1) is 60.8. The fourth-order valence-electron chi connectivity index (χ4n) is 12.4. The van der Waals surface area contributed by atoms with Crippen LogP contribution >= 0.6 is 0 Å². The van der Waals surface area contributed by atoms with Gasteiger partial charge in [0, 0.05) is 43.0 Å². The van der Waals surface area contributed by atoms with E-state index in [0.29, 0.717) is 62.9 Å². The number of amides is 10. The Morgan fingerprint density at radius 2 is 0.851 bits per heavy atom. The molecule has 0 aliphatic carbocycles. The van der Waals surface area contributed by atoms with E-state index in [4.69, 9.17) is 0 Å². The van der Waals surface area contributed by atoms with Gasteiger partial charge in [0.05, 0.1) is 31.2 Å². The second kappa shape index (κ2) is 28.2. The number of likely N-dealkylation sites (N-methyl/N-ethyl adjacent to an activating group) is 1. The van der Waals surface area contributed by atoms with E-state index in [0.717, 1.165) is 33.4 Å². The Hall–Kier alpha value is -9.36. The molecule has 1 unspecified atom stereocenters. The number of anilines is 2. The third kappa shape index (κ3) is 14.7. The third-order valence-corrected chi connectivity index (χ3v) is 17.3. The minimum atomic E-state index is -1.12. The molecule has 0 spiro atoms. The zero-order valence-electron chi connectivity index (χ0n) is 49.4. The number of carbonyl (C=O) groups excluding carboxylic acids is 8. The number of nitrogens with one attached hydrogen (secondary N) is 7. The van der Waals surface area contributed by atoms with Gasteiger partial charge in [-0.05, 0) is 117 Å². The van der Waals surface area contributed by atoms with Gasteiger partial charge in [-0.2, -0.15) is 0 Å². The fourth-order valence-corrected chi connectivity index (χ4v) is 12.4. The number of benzene rings is 6. The average molecular weight is 1180 g/mol. The third-order valence-electron chi connectivity index (χ3n) is 17.3. The van der Waals surface area contributed by atoms with Crippen LogP contribution in [0.2, 0.25) is 0 Å². The fraction of sp³-hybridized carbons (Fsp3) is 0.353. The van der Waals surface area contributed by atoms with Crippen molar-refractivity contribution in [2.45, 2.75) is 120 Å². The second-order valence-corrected chi connectivity index (χ2v) is 23.0. The lowest BCUT2D eigenvalue weighted by molar-refractivity contribution is -0.144. The van der Waals surface area contributed by atoms with Crippen molar-refractivity contribution >= 4 is 58.9 Å². The molecule has 10 rings (SSSR count). The first-order chi connectivity index (χ1) is 42.2. The van der Waals surface area contributed by atoms with Gasteiger partial charge < -0.3 is 56.8 Å². The number of urea groups is 2. The van der Waals surface area contributed by atoms with Gasteiger partial charge in [-0.25, -0.2) is 9.59 Å². The van der Waals surface area contributed by atoms with Crippen LogP contribution in [0.4, 0.5) is 21.0 Å². The smallest absolute Gasteiger partial charge is 0.321 e. The SMILES string of the molecule is CCC(=O)N[C@H]1CN(C(=O)Nc2ccc(Cc3ccc(NC(=O)N4CC[C@H]5CC[C@@H](C(=O)NC(c6ccccc6)c6ccccc6)N5C(=O)[C@@H](NC(=O)[C@H](C)NC)C4)cc3)cc2)CC[C@H]2CCC(C(=O)NC(c3ccccc3)c3ccccc3)N2C1=O. The summed E-state index contributed by atoms with van der Waals surface area (Å²) in [5, 5.41) is 21.1. The monoisotopic (exact) mass is 1180 g/mol. The largest absolute Gasteiger partial charge is 0.343 e.